The molecule has 1 heterocycles. The van der Waals surface area contributed by atoms with Crippen LogP contribution in [0.5, 0.6) is 28.7 Å². The second-order valence-electron chi connectivity index (χ2n) is 9.05. The van der Waals surface area contributed by atoms with Crippen molar-refractivity contribution in [3.8, 4) is 28.7 Å². The van der Waals surface area contributed by atoms with E-state index in [0.717, 1.165) is 28.2 Å². The van der Waals surface area contributed by atoms with Gasteiger partial charge in [-0.15, -0.1) is 0 Å². The molecular weight excluding hydrogens is 512 g/mol. The Hall–Kier alpha value is -4.66. The standard InChI is InChI=1S/C31H34N2O7/c1-36-24-10-6-21(7-11-24)26(22-8-12-25(37-2)13-9-22)20-29(34)32-14-16-33(17-15-32)31(35)23-18-27(38-3)30(40-5)28(19-23)39-4/h6-13,18-20H,14-17H2,1-5H3. The van der Waals surface area contributed by atoms with Crippen LogP contribution < -0.4 is 23.7 Å². The third-order valence-electron chi connectivity index (χ3n) is 6.86. The molecule has 9 nitrogen and oxygen atoms in total. The predicted molar refractivity (Wildman–Crippen MR) is 152 cm³/mol. The Kier molecular flexibility index (Phi) is 9.16. The number of methoxy groups -OCH3 is 5. The summed E-state index contributed by atoms with van der Waals surface area (Å²) in [6, 6.07) is 18.4. The van der Waals surface area contributed by atoms with Gasteiger partial charge in [0.15, 0.2) is 11.5 Å². The third-order valence-corrected chi connectivity index (χ3v) is 6.86. The van der Waals surface area contributed by atoms with E-state index in [1.54, 1.807) is 42.2 Å². The summed E-state index contributed by atoms with van der Waals surface area (Å²) in [5.74, 6) is 2.42. The molecule has 1 fully saturated rings. The normalized spacial score (nSPS) is 12.8. The molecule has 0 aromatic heterocycles. The fourth-order valence-electron chi connectivity index (χ4n) is 4.61. The number of hydrogen-bond acceptors (Lipinski definition) is 7. The van der Waals surface area contributed by atoms with Gasteiger partial charge in [0, 0.05) is 37.8 Å². The summed E-state index contributed by atoms with van der Waals surface area (Å²) in [5, 5.41) is 0. The number of piperazine rings is 1. The van der Waals surface area contributed by atoms with E-state index >= 15 is 0 Å². The number of rotatable bonds is 9. The van der Waals surface area contributed by atoms with Gasteiger partial charge < -0.3 is 33.5 Å². The highest BCUT2D eigenvalue weighted by atomic mass is 16.5. The number of amides is 2. The molecule has 9 heteroatoms. The molecule has 0 bridgehead atoms. The van der Waals surface area contributed by atoms with E-state index in [4.69, 9.17) is 23.7 Å². The first-order valence-electron chi connectivity index (χ1n) is 12.8. The zero-order valence-electron chi connectivity index (χ0n) is 23.4. The van der Waals surface area contributed by atoms with Crippen molar-refractivity contribution in [1.82, 2.24) is 9.80 Å². The molecule has 0 aliphatic carbocycles. The van der Waals surface area contributed by atoms with Crippen LogP contribution in [0.1, 0.15) is 21.5 Å². The number of carbonyl (C=O) groups excluding carboxylic acids is 2. The Bertz CT molecular complexity index is 1280. The SMILES string of the molecule is COc1ccc(C(=CC(=O)N2CCN(C(=O)c3cc(OC)c(OC)c(OC)c3)CC2)c2ccc(OC)cc2)cc1. The smallest absolute Gasteiger partial charge is 0.254 e. The van der Waals surface area contributed by atoms with Gasteiger partial charge in [-0.1, -0.05) is 24.3 Å². The summed E-state index contributed by atoms with van der Waals surface area (Å²) in [7, 11) is 7.77. The second kappa shape index (κ2) is 12.9. The molecule has 3 aromatic carbocycles. The average Bonchev–Trinajstić information content (AvgIpc) is 3.02. The number of benzene rings is 3. The van der Waals surface area contributed by atoms with E-state index in [1.165, 1.54) is 21.3 Å². The number of carbonyl (C=O) groups is 2. The van der Waals surface area contributed by atoms with Crippen molar-refractivity contribution < 1.29 is 33.3 Å². The first-order valence-corrected chi connectivity index (χ1v) is 12.8. The van der Waals surface area contributed by atoms with Gasteiger partial charge in [-0.3, -0.25) is 9.59 Å². The number of hydrogen-bond donors (Lipinski definition) is 0. The van der Waals surface area contributed by atoms with Crippen LogP contribution in [-0.4, -0.2) is 83.3 Å². The fourth-order valence-corrected chi connectivity index (χ4v) is 4.61. The molecule has 0 saturated carbocycles. The molecule has 1 aliphatic rings. The molecule has 4 rings (SSSR count). The lowest BCUT2D eigenvalue weighted by Crippen LogP contribution is -2.50. The molecule has 2 amide bonds. The van der Waals surface area contributed by atoms with Crippen molar-refractivity contribution in [1.29, 1.82) is 0 Å². The molecule has 0 radical (unpaired) electrons. The summed E-state index contributed by atoms with van der Waals surface area (Å²) < 4.78 is 26.7. The van der Waals surface area contributed by atoms with Gasteiger partial charge in [-0.05, 0) is 53.1 Å². The number of nitrogens with zero attached hydrogens (tertiary/aromatic N) is 2. The van der Waals surface area contributed by atoms with Crippen LogP contribution in [0, 0.1) is 0 Å². The highest BCUT2D eigenvalue weighted by Gasteiger charge is 2.26. The zero-order valence-corrected chi connectivity index (χ0v) is 23.4. The largest absolute Gasteiger partial charge is 0.497 e. The highest BCUT2D eigenvalue weighted by Crippen LogP contribution is 2.38. The van der Waals surface area contributed by atoms with Crippen molar-refractivity contribution in [2.75, 3.05) is 61.7 Å². The summed E-state index contributed by atoms with van der Waals surface area (Å²) in [4.78, 5) is 30.2. The van der Waals surface area contributed by atoms with E-state index in [-0.39, 0.29) is 11.8 Å². The predicted octanol–water partition coefficient (Wildman–Crippen LogP) is 4.15. The van der Waals surface area contributed by atoms with Crippen molar-refractivity contribution in [3.05, 3.63) is 83.4 Å². The topological polar surface area (TPSA) is 86.8 Å². The minimum Gasteiger partial charge on any atom is -0.497 e. The molecule has 0 atom stereocenters. The van der Waals surface area contributed by atoms with Crippen molar-refractivity contribution in [2.24, 2.45) is 0 Å². The first kappa shape index (κ1) is 28.4. The Labute approximate surface area is 234 Å². The quantitative estimate of drug-likeness (QED) is 0.373. The van der Waals surface area contributed by atoms with Crippen LogP contribution in [0.3, 0.4) is 0 Å². The highest BCUT2D eigenvalue weighted by molar-refractivity contribution is 6.00. The maximum Gasteiger partial charge on any atom is 0.254 e. The summed E-state index contributed by atoms with van der Waals surface area (Å²) >= 11 is 0. The first-order chi connectivity index (χ1) is 19.4. The fraction of sp³-hybridized carbons (Fsp3) is 0.290. The molecule has 40 heavy (non-hydrogen) atoms. The molecule has 0 N–H and O–H groups in total. The van der Waals surface area contributed by atoms with Gasteiger partial charge in [-0.2, -0.15) is 0 Å². The Morgan fingerprint density at radius 2 is 1.05 bits per heavy atom. The molecule has 1 saturated heterocycles. The van der Waals surface area contributed by atoms with Crippen molar-refractivity contribution in [3.63, 3.8) is 0 Å². The molecule has 210 valence electrons. The van der Waals surface area contributed by atoms with Crippen LogP contribution in [0.2, 0.25) is 0 Å². The summed E-state index contributed by atoms with van der Waals surface area (Å²) in [6.07, 6.45) is 1.65. The lowest BCUT2D eigenvalue weighted by Gasteiger charge is -2.34. The summed E-state index contributed by atoms with van der Waals surface area (Å²) in [6.45, 7) is 1.61. The van der Waals surface area contributed by atoms with Crippen LogP contribution in [0.25, 0.3) is 5.57 Å². The van der Waals surface area contributed by atoms with Crippen molar-refractivity contribution >= 4 is 17.4 Å². The molecular formula is C31H34N2O7. The van der Waals surface area contributed by atoms with E-state index < -0.39 is 0 Å². The monoisotopic (exact) mass is 546 g/mol. The zero-order chi connectivity index (χ0) is 28.6. The molecule has 3 aromatic rings. The van der Waals surface area contributed by atoms with Crippen LogP contribution in [0.4, 0.5) is 0 Å². The van der Waals surface area contributed by atoms with Gasteiger partial charge in [0.25, 0.3) is 5.91 Å². The number of ether oxygens (including phenoxy) is 5. The van der Waals surface area contributed by atoms with E-state index in [2.05, 4.69) is 0 Å². The average molecular weight is 547 g/mol. The van der Waals surface area contributed by atoms with Gasteiger partial charge in [0.1, 0.15) is 11.5 Å². The van der Waals surface area contributed by atoms with Gasteiger partial charge in [0.2, 0.25) is 11.7 Å². The third kappa shape index (κ3) is 6.14. The van der Waals surface area contributed by atoms with E-state index in [9.17, 15) is 9.59 Å². The van der Waals surface area contributed by atoms with Gasteiger partial charge in [0.05, 0.1) is 35.5 Å². The Morgan fingerprint density at radius 1 is 0.600 bits per heavy atom. The lowest BCUT2D eigenvalue weighted by molar-refractivity contribution is -0.127. The van der Waals surface area contributed by atoms with Crippen LogP contribution in [0.15, 0.2) is 66.7 Å². The molecule has 0 unspecified atom stereocenters. The summed E-state index contributed by atoms with van der Waals surface area (Å²) in [5.41, 5.74) is 2.98. The van der Waals surface area contributed by atoms with Crippen LogP contribution >= 0.6 is 0 Å². The van der Waals surface area contributed by atoms with Crippen LogP contribution in [-0.2, 0) is 4.79 Å². The second-order valence-corrected chi connectivity index (χ2v) is 9.05. The maximum absolute atomic E-state index is 13.4. The minimum atomic E-state index is -0.168. The Balaban J connectivity index is 1.52. The van der Waals surface area contributed by atoms with Gasteiger partial charge >= 0.3 is 0 Å². The molecule has 0 spiro atoms. The minimum absolute atomic E-state index is 0.124. The maximum atomic E-state index is 13.4. The lowest BCUT2D eigenvalue weighted by atomic mass is 9.97. The Morgan fingerprint density at radius 3 is 1.45 bits per heavy atom. The molecule has 1 aliphatic heterocycles. The van der Waals surface area contributed by atoms with Gasteiger partial charge in [-0.25, -0.2) is 0 Å². The van der Waals surface area contributed by atoms with E-state index in [0.29, 0.717) is 49.0 Å². The van der Waals surface area contributed by atoms with Crippen molar-refractivity contribution in [2.45, 2.75) is 0 Å². The van der Waals surface area contributed by atoms with E-state index in [1.807, 2.05) is 48.5 Å².